The fraction of sp³-hybridized carbons (Fsp3) is 0.333. The molecular formula is C18H22N4O2S. The molecule has 0 spiro atoms. The molecule has 6 nitrogen and oxygen atoms in total. The zero-order valence-corrected chi connectivity index (χ0v) is 14.6. The first-order valence-corrected chi connectivity index (χ1v) is 9.27. The molecule has 1 aromatic carbocycles. The highest BCUT2D eigenvalue weighted by molar-refractivity contribution is 7.09. The minimum Gasteiger partial charge on any atom is -0.273 e. The highest BCUT2D eigenvalue weighted by Gasteiger charge is 2.30. The van der Waals surface area contributed by atoms with Gasteiger partial charge in [-0.25, -0.2) is 10.9 Å². The van der Waals surface area contributed by atoms with Gasteiger partial charge in [-0.1, -0.05) is 36.4 Å². The van der Waals surface area contributed by atoms with Crippen LogP contribution in [-0.4, -0.2) is 17.9 Å². The first-order valence-electron chi connectivity index (χ1n) is 8.39. The van der Waals surface area contributed by atoms with Crippen LogP contribution in [0.3, 0.4) is 0 Å². The van der Waals surface area contributed by atoms with Crippen molar-refractivity contribution in [2.24, 2.45) is 0 Å². The molecule has 1 aromatic heterocycles. The first-order chi connectivity index (χ1) is 12.2. The van der Waals surface area contributed by atoms with Crippen molar-refractivity contribution in [1.82, 2.24) is 21.7 Å². The molecule has 0 saturated carbocycles. The molecule has 2 aromatic rings. The van der Waals surface area contributed by atoms with Crippen molar-refractivity contribution in [3.05, 3.63) is 58.3 Å². The molecule has 2 unspecified atom stereocenters. The number of aryl methyl sites for hydroxylation is 1. The highest BCUT2D eigenvalue weighted by Crippen LogP contribution is 2.21. The molecule has 3 rings (SSSR count). The van der Waals surface area contributed by atoms with E-state index >= 15 is 0 Å². The summed E-state index contributed by atoms with van der Waals surface area (Å²) in [6.45, 7) is 0. The molecule has 0 aliphatic carbocycles. The van der Waals surface area contributed by atoms with E-state index in [0.717, 1.165) is 18.4 Å². The predicted octanol–water partition coefficient (Wildman–Crippen LogP) is 1.83. The van der Waals surface area contributed by atoms with E-state index in [1.165, 1.54) is 4.88 Å². The van der Waals surface area contributed by atoms with Gasteiger partial charge in [0.15, 0.2) is 0 Å². The second-order valence-electron chi connectivity index (χ2n) is 6.01. The van der Waals surface area contributed by atoms with Gasteiger partial charge in [0.1, 0.15) is 6.04 Å². The van der Waals surface area contributed by atoms with E-state index in [-0.39, 0.29) is 23.9 Å². The zero-order chi connectivity index (χ0) is 17.5. The van der Waals surface area contributed by atoms with Gasteiger partial charge in [0.25, 0.3) is 5.91 Å². The number of amides is 2. The van der Waals surface area contributed by atoms with Crippen LogP contribution < -0.4 is 21.7 Å². The van der Waals surface area contributed by atoms with E-state index < -0.39 is 0 Å². The van der Waals surface area contributed by atoms with Crippen molar-refractivity contribution in [3.8, 4) is 0 Å². The van der Waals surface area contributed by atoms with Gasteiger partial charge >= 0.3 is 0 Å². The fourth-order valence-electron chi connectivity index (χ4n) is 2.79. The van der Waals surface area contributed by atoms with Gasteiger partial charge in [-0.2, -0.15) is 0 Å². The number of carbonyl (C=O) groups excluding carboxylic acids is 2. The molecule has 0 radical (unpaired) electrons. The number of nitrogens with one attached hydrogen (secondary N) is 4. The van der Waals surface area contributed by atoms with Gasteiger partial charge in [0, 0.05) is 17.3 Å². The molecule has 7 heteroatoms. The Kier molecular flexibility index (Phi) is 6.16. The normalized spacial score (nSPS) is 19.5. The number of rotatable bonds is 6. The Bertz CT molecular complexity index is 690. The smallest absolute Gasteiger partial charge is 0.256 e. The van der Waals surface area contributed by atoms with Crippen LogP contribution >= 0.6 is 11.3 Å². The summed E-state index contributed by atoms with van der Waals surface area (Å²) in [6.07, 6.45) is 2.67. The van der Waals surface area contributed by atoms with Crippen LogP contribution in [0.15, 0.2) is 47.8 Å². The summed E-state index contributed by atoms with van der Waals surface area (Å²) in [4.78, 5) is 25.2. The maximum atomic E-state index is 12.2. The lowest BCUT2D eigenvalue weighted by Gasteiger charge is -2.11. The topological polar surface area (TPSA) is 82.3 Å². The molecule has 1 saturated heterocycles. The Morgan fingerprint density at radius 1 is 1.08 bits per heavy atom. The van der Waals surface area contributed by atoms with Crippen LogP contribution in [0.2, 0.25) is 0 Å². The molecule has 4 N–H and O–H groups in total. The second kappa shape index (κ2) is 8.75. The zero-order valence-electron chi connectivity index (χ0n) is 13.8. The fourth-order valence-corrected chi connectivity index (χ4v) is 3.54. The third-order valence-electron chi connectivity index (χ3n) is 4.15. The monoisotopic (exact) mass is 358 g/mol. The lowest BCUT2D eigenvalue weighted by atomic mass is 10.0. The summed E-state index contributed by atoms with van der Waals surface area (Å²) >= 11 is 1.69. The number of benzene rings is 1. The molecule has 2 heterocycles. The number of carbonyl (C=O) groups is 2. The molecule has 132 valence electrons. The van der Waals surface area contributed by atoms with E-state index in [1.807, 2.05) is 41.8 Å². The summed E-state index contributed by atoms with van der Waals surface area (Å²) in [6, 6.07) is 13.7. The van der Waals surface area contributed by atoms with Crippen LogP contribution in [-0.2, 0) is 16.0 Å². The lowest BCUT2D eigenvalue weighted by molar-refractivity contribution is -0.129. The van der Waals surface area contributed by atoms with Crippen LogP contribution in [0, 0.1) is 0 Å². The van der Waals surface area contributed by atoms with Crippen LogP contribution in [0.5, 0.6) is 0 Å². The molecule has 2 amide bonds. The minimum atomic E-state index is -0.378. The molecule has 1 aliphatic heterocycles. The van der Waals surface area contributed by atoms with Crippen molar-refractivity contribution in [2.75, 3.05) is 0 Å². The average Bonchev–Trinajstić information content (AvgIpc) is 3.32. The average molecular weight is 358 g/mol. The van der Waals surface area contributed by atoms with Crippen molar-refractivity contribution in [3.63, 3.8) is 0 Å². The van der Waals surface area contributed by atoms with E-state index in [2.05, 4.69) is 27.8 Å². The molecule has 25 heavy (non-hydrogen) atoms. The van der Waals surface area contributed by atoms with E-state index in [0.29, 0.717) is 12.8 Å². The molecule has 0 bridgehead atoms. The van der Waals surface area contributed by atoms with Gasteiger partial charge in [0.05, 0.1) is 0 Å². The van der Waals surface area contributed by atoms with Crippen molar-refractivity contribution in [1.29, 1.82) is 0 Å². The lowest BCUT2D eigenvalue weighted by Crippen LogP contribution is -2.50. The summed E-state index contributed by atoms with van der Waals surface area (Å²) in [5, 5.41) is 2.03. The third-order valence-corrected chi connectivity index (χ3v) is 5.09. The Morgan fingerprint density at radius 2 is 1.92 bits per heavy atom. The van der Waals surface area contributed by atoms with Crippen LogP contribution in [0.1, 0.15) is 35.7 Å². The van der Waals surface area contributed by atoms with E-state index in [4.69, 9.17) is 0 Å². The van der Waals surface area contributed by atoms with E-state index in [9.17, 15) is 9.59 Å². The number of hydrazine groups is 2. The largest absolute Gasteiger partial charge is 0.273 e. The van der Waals surface area contributed by atoms with Gasteiger partial charge in [-0.15, -0.1) is 11.3 Å². The molecule has 1 aliphatic rings. The summed E-state index contributed by atoms with van der Waals surface area (Å²) in [7, 11) is 0. The van der Waals surface area contributed by atoms with Crippen molar-refractivity contribution in [2.45, 2.75) is 37.8 Å². The SMILES string of the molecule is O=C(CCCc1cccs1)NNC(=O)C1CC(c2ccccc2)NN1. The number of hydrogen-bond acceptors (Lipinski definition) is 5. The Labute approximate surface area is 151 Å². The third kappa shape index (κ3) is 5.12. The summed E-state index contributed by atoms with van der Waals surface area (Å²) < 4.78 is 0. The number of thiophene rings is 1. The van der Waals surface area contributed by atoms with Crippen LogP contribution in [0.25, 0.3) is 0 Å². The standard InChI is InChI=1S/C18H22N4O2S/c23-17(10-4-8-14-9-5-11-25-14)21-22-18(24)16-12-15(19-20-16)13-6-2-1-3-7-13/h1-3,5-7,9,11,15-16,19-20H,4,8,10,12H2,(H,21,23)(H,22,24). The highest BCUT2D eigenvalue weighted by atomic mass is 32.1. The van der Waals surface area contributed by atoms with Gasteiger partial charge in [0.2, 0.25) is 5.91 Å². The van der Waals surface area contributed by atoms with Crippen molar-refractivity contribution >= 4 is 23.2 Å². The maximum Gasteiger partial charge on any atom is 0.256 e. The maximum absolute atomic E-state index is 12.2. The molecular weight excluding hydrogens is 336 g/mol. The van der Waals surface area contributed by atoms with Gasteiger partial charge < -0.3 is 0 Å². The van der Waals surface area contributed by atoms with Gasteiger partial charge in [-0.05, 0) is 36.3 Å². The summed E-state index contributed by atoms with van der Waals surface area (Å²) in [5.74, 6) is -0.409. The quantitative estimate of drug-likeness (QED) is 0.594. The number of hydrogen-bond donors (Lipinski definition) is 4. The Balaban J connectivity index is 1.35. The summed E-state index contributed by atoms with van der Waals surface area (Å²) in [5.41, 5.74) is 12.2. The predicted molar refractivity (Wildman–Crippen MR) is 97.4 cm³/mol. The minimum absolute atomic E-state index is 0.0819. The van der Waals surface area contributed by atoms with Gasteiger partial charge in [-0.3, -0.25) is 20.4 Å². The molecule has 1 fully saturated rings. The second-order valence-corrected chi connectivity index (χ2v) is 7.04. The van der Waals surface area contributed by atoms with Crippen molar-refractivity contribution < 1.29 is 9.59 Å². The molecule has 2 atom stereocenters. The Hall–Kier alpha value is -2.22. The Morgan fingerprint density at radius 3 is 2.68 bits per heavy atom. The van der Waals surface area contributed by atoms with E-state index in [1.54, 1.807) is 11.3 Å². The first kappa shape index (κ1) is 17.6. The van der Waals surface area contributed by atoms with Crippen LogP contribution in [0.4, 0.5) is 0 Å².